The Kier molecular flexibility index (Phi) is 8.04. The highest BCUT2D eigenvalue weighted by Crippen LogP contribution is 2.28. The van der Waals surface area contributed by atoms with Gasteiger partial charge in [0.15, 0.2) is 5.96 Å². The van der Waals surface area contributed by atoms with Crippen molar-refractivity contribution >= 4 is 17.7 Å². The Morgan fingerprint density at radius 1 is 1.30 bits per heavy atom. The number of aliphatic imine (C=N–C) groups is 1. The van der Waals surface area contributed by atoms with Crippen LogP contribution in [-0.4, -0.2) is 60.6 Å². The minimum absolute atomic E-state index is 0.601. The highest BCUT2D eigenvalue weighted by atomic mass is 32.2. The molecule has 134 valence electrons. The van der Waals surface area contributed by atoms with E-state index in [2.05, 4.69) is 42.6 Å². The van der Waals surface area contributed by atoms with Crippen molar-refractivity contribution in [2.45, 2.75) is 70.2 Å². The van der Waals surface area contributed by atoms with E-state index in [0.717, 1.165) is 24.3 Å². The summed E-state index contributed by atoms with van der Waals surface area (Å²) in [6.45, 7) is 11.1. The first kappa shape index (κ1) is 18.9. The van der Waals surface area contributed by atoms with Crippen LogP contribution in [0.2, 0.25) is 0 Å². The number of nitrogens with one attached hydrogen (secondary N) is 2. The first-order valence-corrected chi connectivity index (χ1v) is 10.7. The van der Waals surface area contributed by atoms with Gasteiger partial charge in [-0.15, -0.1) is 0 Å². The molecule has 0 bridgehead atoms. The average molecular weight is 341 g/mol. The smallest absolute Gasteiger partial charge is 0.191 e. The molecule has 3 unspecified atom stereocenters. The molecule has 1 saturated carbocycles. The van der Waals surface area contributed by atoms with Gasteiger partial charge in [0, 0.05) is 37.0 Å². The molecule has 0 aromatic heterocycles. The molecule has 1 aliphatic carbocycles. The monoisotopic (exact) mass is 340 g/mol. The Labute approximate surface area is 147 Å². The number of hydrogen-bond acceptors (Lipinski definition) is 3. The first-order chi connectivity index (χ1) is 11.1. The Hall–Kier alpha value is -0.420. The Balaban J connectivity index is 1.83. The summed E-state index contributed by atoms with van der Waals surface area (Å²) >= 11 is 2.01. The fraction of sp³-hybridized carbons (Fsp3) is 0.944. The van der Waals surface area contributed by atoms with E-state index in [1.807, 2.05) is 11.8 Å². The van der Waals surface area contributed by atoms with Crippen LogP contribution in [0.25, 0.3) is 0 Å². The van der Waals surface area contributed by atoms with Crippen LogP contribution >= 0.6 is 11.8 Å². The molecule has 0 aromatic rings. The van der Waals surface area contributed by atoms with Gasteiger partial charge in [0.1, 0.15) is 0 Å². The summed E-state index contributed by atoms with van der Waals surface area (Å²) in [5.41, 5.74) is 0. The lowest BCUT2D eigenvalue weighted by Gasteiger charge is -2.35. The van der Waals surface area contributed by atoms with Gasteiger partial charge in [0.2, 0.25) is 0 Å². The zero-order valence-corrected chi connectivity index (χ0v) is 16.3. The van der Waals surface area contributed by atoms with Crippen molar-refractivity contribution in [1.29, 1.82) is 0 Å². The van der Waals surface area contributed by atoms with Crippen LogP contribution in [0.5, 0.6) is 0 Å². The fourth-order valence-electron chi connectivity index (χ4n) is 3.73. The number of likely N-dealkylation sites (tertiary alicyclic amines) is 1. The van der Waals surface area contributed by atoms with Gasteiger partial charge in [-0.2, -0.15) is 11.8 Å². The molecule has 0 spiro atoms. The number of rotatable bonds is 6. The summed E-state index contributed by atoms with van der Waals surface area (Å²) in [6.07, 6.45) is 8.77. The lowest BCUT2D eigenvalue weighted by Crippen LogP contribution is -2.44. The van der Waals surface area contributed by atoms with Gasteiger partial charge in [-0.3, -0.25) is 4.99 Å². The zero-order chi connectivity index (χ0) is 16.7. The average Bonchev–Trinajstić information content (AvgIpc) is 3.01. The third-order valence-corrected chi connectivity index (χ3v) is 6.29. The van der Waals surface area contributed by atoms with E-state index < -0.39 is 0 Å². The highest BCUT2D eigenvalue weighted by Gasteiger charge is 2.25. The Morgan fingerprint density at radius 3 is 2.78 bits per heavy atom. The topological polar surface area (TPSA) is 39.7 Å². The van der Waals surface area contributed by atoms with Crippen LogP contribution in [0.1, 0.15) is 52.9 Å². The van der Waals surface area contributed by atoms with Crippen molar-refractivity contribution in [3.63, 3.8) is 0 Å². The van der Waals surface area contributed by atoms with Crippen LogP contribution in [-0.2, 0) is 0 Å². The zero-order valence-electron chi connectivity index (χ0n) is 15.5. The maximum atomic E-state index is 4.91. The van der Waals surface area contributed by atoms with Crippen LogP contribution < -0.4 is 10.6 Å². The number of hydrogen-bond donors (Lipinski definition) is 2. The standard InChI is InChI=1S/C18H36N4S/c1-5-19-18(21-16-8-9-17(11-16)23-4)20-12-15-7-6-10-22(13-15)14(2)3/h14-17H,5-13H2,1-4H3,(H2,19,20,21). The largest absolute Gasteiger partial charge is 0.357 e. The molecule has 2 rings (SSSR count). The van der Waals surface area contributed by atoms with E-state index in [1.165, 1.54) is 45.2 Å². The molecular formula is C18H36N4S. The van der Waals surface area contributed by atoms with Crippen LogP contribution in [0.4, 0.5) is 0 Å². The molecule has 2 aliphatic rings. The minimum atomic E-state index is 0.601. The first-order valence-electron chi connectivity index (χ1n) is 9.44. The maximum absolute atomic E-state index is 4.91. The van der Waals surface area contributed by atoms with Crippen LogP contribution in [0.15, 0.2) is 4.99 Å². The molecule has 2 N–H and O–H groups in total. The lowest BCUT2D eigenvalue weighted by molar-refractivity contribution is 0.143. The summed E-state index contributed by atoms with van der Waals surface area (Å²) < 4.78 is 0. The quantitative estimate of drug-likeness (QED) is 0.576. The summed E-state index contributed by atoms with van der Waals surface area (Å²) in [6, 6.07) is 1.26. The van der Waals surface area contributed by atoms with Crippen molar-refractivity contribution in [2.24, 2.45) is 10.9 Å². The Morgan fingerprint density at radius 2 is 2.13 bits per heavy atom. The molecule has 3 atom stereocenters. The van der Waals surface area contributed by atoms with E-state index in [-0.39, 0.29) is 0 Å². The second-order valence-corrected chi connectivity index (χ2v) is 8.47. The SMILES string of the molecule is CCNC(=NCC1CCCN(C(C)C)C1)NC1CCC(SC)C1. The van der Waals surface area contributed by atoms with Gasteiger partial charge in [-0.25, -0.2) is 0 Å². The maximum Gasteiger partial charge on any atom is 0.191 e. The molecule has 5 heteroatoms. The minimum Gasteiger partial charge on any atom is -0.357 e. The third kappa shape index (κ3) is 6.18. The number of thioether (sulfide) groups is 1. The molecule has 2 fully saturated rings. The second kappa shape index (κ2) is 9.77. The molecule has 0 radical (unpaired) electrons. The molecule has 1 aliphatic heterocycles. The van der Waals surface area contributed by atoms with E-state index in [9.17, 15) is 0 Å². The summed E-state index contributed by atoms with van der Waals surface area (Å²) in [7, 11) is 0. The lowest BCUT2D eigenvalue weighted by atomic mass is 9.97. The molecule has 0 amide bonds. The number of piperidine rings is 1. The van der Waals surface area contributed by atoms with Gasteiger partial charge >= 0.3 is 0 Å². The van der Waals surface area contributed by atoms with Crippen molar-refractivity contribution in [1.82, 2.24) is 15.5 Å². The molecule has 23 heavy (non-hydrogen) atoms. The predicted molar refractivity (Wildman–Crippen MR) is 103 cm³/mol. The normalized spacial score (nSPS) is 30.0. The summed E-state index contributed by atoms with van der Waals surface area (Å²) in [5.74, 6) is 1.74. The number of nitrogens with zero attached hydrogens (tertiary/aromatic N) is 2. The van der Waals surface area contributed by atoms with Crippen LogP contribution in [0.3, 0.4) is 0 Å². The molecule has 4 nitrogen and oxygen atoms in total. The van der Waals surface area contributed by atoms with Gasteiger partial charge in [-0.05, 0) is 71.6 Å². The van der Waals surface area contributed by atoms with Crippen molar-refractivity contribution in [3.05, 3.63) is 0 Å². The third-order valence-electron chi connectivity index (χ3n) is 5.19. The van der Waals surface area contributed by atoms with E-state index in [1.54, 1.807) is 0 Å². The predicted octanol–water partition coefficient (Wildman–Crippen LogP) is 2.95. The van der Waals surface area contributed by atoms with E-state index in [4.69, 9.17) is 4.99 Å². The van der Waals surface area contributed by atoms with Gasteiger partial charge < -0.3 is 15.5 Å². The van der Waals surface area contributed by atoms with E-state index in [0.29, 0.717) is 18.0 Å². The van der Waals surface area contributed by atoms with Gasteiger partial charge in [0.05, 0.1) is 0 Å². The van der Waals surface area contributed by atoms with Crippen LogP contribution in [0, 0.1) is 5.92 Å². The van der Waals surface area contributed by atoms with Crippen molar-refractivity contribution < 1.29 is 0 Å². The highest BCUT2D eigenvalue weighted by molar-refractivity contribution is 7.99. The van der Waals surface area contributed by atoms with Gasteiger partial charge in [-0.1, -0.05) is 0 Å². The van der Waals surface area contributed by atoms with Crippen molar-refractivity contribution in [2.75, 3.05) is 32.4 Å². The molecule has 0 aromatic carbocycles. The van der Waals surface area contributed by atoms with Gasteiger partial charge in [0.25, 0.3) is 0 Å². The second-order valence-electron chi connectivity index (χ2n) is 7.33. The van der Waals surface area contributed by atoms with E-state index >= 15 is 0 Å². The molecule has 1 heterocycles. The Bertz CT molecular complexity index is 372. The number of guanidine groups is 1. The molecular weight excluding hydrogens is 304 g/mol. The van der Waals surface area contributed by atoms with Crippen molar-refractivity contribution in [3.8, 4) is 0 Å². The summed E-state index contributed by atoms with van der Waals surface area (Å²) in [5, 5.41) is 7.93. The summed E-state index contributed by atoms with van der Waals surface area (Å²) in [4.78, 5) is 7.51. The molecule has 1 saturated heterocycles. The fourth-order valence-corrected chi connectivity index (χ4v) is 4.53.